The quantitative estimate of drug-likeness (QED) is 0.617. The van der Waals surface area contributed by atoms with E-state index in [0.717, 1.165) is 18.4 Å². The maximum atomic E-state index is 12.3. The van der Waals surface area contributed by atoms with E-state index >= 15 is 0 Å². The lowest BCUT2D eigenvalue weighted by molar-refractivity contribution is -0.118. The Labute approximate surface area is 174 Å². The zero-order valence-corrected chi connectivity index (χ0v) is 17.8. The van der Waals surface area contributed by atoms with E-state index in [9.17, 15) is 4.79 Å². The molecular weight excluding hydrogens is 394 g/mol. The molecule has 0 atom stereocenters. The molecule has 1 heterocycles. The van der Waals surface area contributed by atoms with Crippen LogP contribution >= 0.6 is 11.8 Å². The Morgan fingerprint density at radius 1 is 1.14 bits per heavy atom. The molecule has 9 nitrogen and oxygen atoms in total. The number of hydrogen-bond donors (Lipinski definition) is 1. The van der Waals surface area contributed by atoms with Crippen LogP contribution in [0.3, 0.4) is 0 Å². The predicted molar refractivity (Wildman–Crippen MR) is 109 cm³/mol. The summed E-state index contributed by atoms with van der Waals surface area (Å²) in [5.41, 5.74) is 0.852. The van der Waals surface area contributed by atoms with E-state index in [1.165, 1.54) is 31.0 Å². The average molecular weight is 422 g/mol. The van der Waals surface area contributed by atoms with Crippen molar-refractivity contribution >= 4 is 17.7 Å². The molecule has 0 bridgehead atoms. The first kappa shape index (κ1) is 21.2. The Kier molecular flexibility index (Phi) is 7.56. The van der Waals surface area contributed by atoms with Gasteiger partial charge in [-0.25, -0.2) is 4.68 Å². The molecule has 1 amide bonds. The lowest BCUT2D eigenvalue weighted by atomic mass is 9.96. The SMILES string of the molecule is COc1cc(CNC(=O)CSc2nnnn2C2CCCCC2)cc(OC)c1OC. The molecule has 0 spiro atoms. The first-order chi connectivity index (χ1) is 14.2. The Balaban J connectivity index is 1.55. The maximum Gasteiger partial charge on any atom is 0.230 e. The summed E-state index contributed by atoms with van der Waals surface area (Å²) in [6.07, 6.45) is 5.84. The largest absolute Gasteiger partial charge is 0.493 e. The van der Waals surface area contributed by atoms with E-state index in [0.29, 0.717) is 35.0 Å². The molecule has 1 saturated carbocycles. The van der Waals surface area contributed by atoms with Crippen LogP contribution in [-0.4, -0.2) is 53.2 Å². The van der Waals surface area contributed by atoms with Gasteiger partial charge in [0.2, 0.25) is 16.8 Å². The molecule has 0 saturated heterocycles. The van der Waals surface area contributed by atoms with Crippen LogP contribution in [0.1, 0.15) is 43.7 Å². The second kappa shape index (κ2) is 10.3. The van der Waals surface area contributed by atoms with Gasteiger partial charge in [0.15, 0.2) is 11.5 Å². The number of nitrogens with one attached hydrogen (secondary N) is 1. The molecule has 10 heteroatoms. The van der Waals surface area contributed by atoms with Crippen molar-refractivity contribution in [2.75, 3.05) is 27.1 Å². The summed E-state index contributed by atoms with van der Waals surface area (Å²) in [4.78, 5) is 12.3. The van der Waals surface area contributed by atoms with Crippen molar-refractivity contribution in [3.8, 4) is 17.2 Å². The van der Waals surface area contributed by atoms with Gasteiger partial charge in [-0.1, -0.05) is 31.0 Å². The first-order valence-corrected chi connectivity index (χ1v) is 10.6. The van der Waals surface area contributed by atoms with E-state index < -0.39 is 0 Å². The Hall–Kier alpha value is -2.49. The number of amides is 1. The minimum absolute atomic E-state index is 0.0954. The van der Waals surface area contributed by atoms with Gasteiger partial charge in [-0.2, -0.15) is 0 Å². The number of hydrogen-bond acceptors (Lipinski definition) is 8. The molecule has 3 rings (SSSR count). The number of rotatable bonds is 9. The number of tetrazole rings is 1. The third kappa shape index (κ3) is 5.31. The summed E-state index contributed by atoms with van der Waals surface area (Å²) in [7, 11) is 4.68. The lowest BCUT2D eigenvalue weighted by Crippen LogP contribution is -2.25. The average Bonchev–Trinajstić information content (AvgIpc) is 3.24. The zero-order chi connectivity index (χ0) is 20.6. The van der Waals surface area contributed by atoms with Gasteiger partial charge in [0.05, 0.1) is 33.1 Å². The van der Waals surface area contributed by atoms with Crippen LogP contribution in [0.15, 0.2) is 17.3 Å². The molecular formula is C19H27N5O4S. The van der Waals surface area contributed by atoms with Gasteiger partial charge >= 0.3 is 0 Å². The monoisotopic (exact) mass is 421 g/mol. The molecule has 2 aromatic rings. The molecule has 158 valence electrons. The summed E-state index contributed by atoms with van der Waals surface area (Å²) >= 11 is 1.36. The minimum Gasteiger partial charge on any atom is -0.493 e. The van der Waals surface area contributed by atoms with Gasteiger partial charge in [-0.3, -0.25) is 4.79 Å². The number of aromatic nitrogens is 4. The number of ether oxygens (including phenoxy) is 3. The number of carbonyl (C=O) groups excluding carboxylic acids is 1. The molecule has 1 aliphatic rings. The van der Waals surface area contributed by atoms with Crippen LogP contribution < -0.4 is 19.5 Å². The Morgan fingerprint density at radius 3 is 2.45 bits per heavy atom. The van der Waals surface area contributed by atoms with Crippen LogP contribution in [0.4, 0.5) is 0 Å². The predicted octanol–water partition coefficient (Wildman–Crippen LogP) is 2.61. The molecule has 1 N–H and O–H groups in total. The van der Waals surface area contributed by atoms with E-state index in [1.807, 2.05) is 16.8 Å². The smallest absolute Gasteiger partial charge is 0.230 e. The van der Waals surface area contributed by atoms with Gasteiger partial charge in [-0.05, 0) is 41.0 Å². The number of benzene rings is 1. The highest BCUT2D eigenvalue weighted by atomic mass is 32.2. The minimum atomic E-state index is -0.0954. The molecule has 1 aromatic heterocycles. The molecule has 1 aromatic carbocycles. The van der Waals surface area contributed by atoms with Crippen LogP contribution in [-0.2, 0) is 11.3 Å². The lowest BCUT2D eigenvalue weighted by Gasteiger charge is -2.21. The number of thioether (sulfide) groups is 1. The molecule has 0 unspecified atom stereocenters. The van der Waals surface area contributed by atoms with E-state index in [2.05, 4.69) is 20.8 Å². The molecule has 0 aliphatic heterocycles. The normalized spacial score (nSPS) is 14.4. The van der Waals surface area contributed by atoms with Crippen molar-refractivity contribution in [2.45, 2.75) is 49.8 Å². The van der Waals surface area contributed by atoms with E-state index in [4.69, 9.17) is 14.2 Å². The summed E-state index contributed by atoms with van der Waals surface area (Å²) in [6, 6.07) is 3.97. The maximum absolute atomic E-state index is 12.3. The highest BCUT2D eigenvalue weighted by Gasteiger charge is 2.21. The van der Waals surface area contributed by atoms with Crippen molar-refractivity contribution < 1.29 is 19.0 Å². The van der Waals surface area contributed by atoms with Crippen molar-refractivity contribution in [1.82, 2.24) is 25.5 Å². The van der Waals surface area contributed by atoms with Gasteiger partial charge in [0.25, 0.3) is 0 Å². The van der Waals surface area contributed by atoms with Gasteiger partial charge in [-0.15, -0.1) is 5.10 Å². The topological polar surface area (TPSA) is 100 Å². The van der Waals surface area contributed by atoms with Crippen LogP contribution in [0.2, 0.25) is 0 Å². The van der Waals surface area contributed by atoms with E-state index in [-0.39, 0.29) is 11.7 Å². The third-order valence-electron chi connectivity index (χ3n) is 4.93. The molecule has 1 aliphatic carbocycles. The molecule has 1 fully saturated rings. The Morgan fingerprint density at radius 2 is 1.83 bits per heavy atom. The van der Waals surface area contributed by atoms with E-state index in [1.54, 1.807) is 21.3 Å². The highest BCUT2D eigenvalue weighted by molar-refractivity contribution is 7.99. The summed E-state index contributed by atoms with van der Waals surface area (Å²) in [6.45, 7) is 0.351. The van der Waals surface area contributed by atoms with Crippen molar-refractivity contribution in [3.63, 3.8) is 0 Å². The third-order valence-corrected chi connectivity index (χ3v) is 5.86. The van der Waals surface area contributed by atoms with Crippen molar-refractivity contribution in [2.24, 2.45) is 0 Å². The fourth-order valence-electron chi connectivity index (χ4n) is 3.45. The van der Waals surface area contributed by atoms with Crippen LogP contribution in [0.5, 0.6) is 17.2 Å². The fraction of sp³-hybridized carbons (Fsp3) is 0.579. The summed E-state index contributed by atoms with van der Waals surface area (Å²) < 4.78 is 17.9. The number of methoxy groups -OCH3 is 3. The van der Waals surface area contributed by atoms with Gasteiger partial charge < -0.3 is 19.5 Å². The van der Waals surface area contributed by atoms with Crippen LogP contribution in [0.25, 0.3) is 0 Å². The van der Waals surface area contributed by atoms with Gasteiger partial charge in [0, 0.05) is 6.54 Å². The first-order valence-electron chi connectivity index (χ1n) is 9.62. The molecule has 29 heavy (non-hydrogen) atoms. The van der Waals surface area contributed by atoms with Gasteiger partial charge in [0.1, 0.15) is 0 Å². The Bertz CT molecular complexity index is 798. The molecule has 0 radical (unpaired) electrons. The second-order valence-electron chi connectivity index (χ2n) is 6.80. The number of nitrogens with zero attached hydrogens (tertiary/aromatic N) is 4. The standard InChI is InChI=1S/C19H27N5O4S/c1-26-15-9-13(10-16(27-2)18(15)28-3)11-20-17(25)12-29-19-21-22-23-24(19)14-7-5-4-6-8-14/h9-10,14H,4-8,11-12H2,1-3H3,(H,20,25). The van der Waals surface area contributed by atoms with Crippen molar-refractivity contribution in [1.29, 1.82) is 0 Å². The fourth-order valence-corrected chi connectivity index (χ4v) is 4.23. The summed E-state index contributed by atoms with van der Waals surface area (Å²) in [5, 5.41) is 15.6. The summed E-state index contributed by atoms with van der Waals surface area (Å²) in [5.74, 6) is 1.78. The number of carbonyl (C=O) groups is 1. The second-order valence-corrected chi connectivity index (χ2v) is 7.74. The highest BCUT2D eigenvalue weighted by Crippen LogP contribution is 2.38. The zero-order valence-electron chi connectivity index (χ0n) is 17.0. The van der Waals surface area contributed by atoms with Crippen LogP contribution in [0, 0.1) is 0 Å². The van der Waals surface area contributed by atoms with Crippen molar-refractivity contribution in [3.05, 3.63) is 17.7 Å².